The van der Waals surface area contributed by atoms with E-state index in [-0.39, 0.29) is 5.91 Å². The first-order valence-electron chi connectivity index (χ1n) is 7.57. The van der Waals surface area contributed by atoms with Crippen LogP contribution in [-0.4, -0.2) is 80.3 Å². The van der Waals surface area contributed by atoms with Gasteiger partial charge in [0.25, 0.3) is 16.1 Å². The molecule has 0 spiro atoms. The highest BCUT2D eigenvalue weighted by Crippen LogP contribution is 2.18. The lowest BCUT2D eigenvalue weighted by Gasteiger charge is -2.36. The number of carbonyl (C=O) groups is 1. The summed E-state index contributed by atoms with van der Waals surface area (Å²) in [5.41, 5.74) is 0. The Bertz CT molecular complexity index is 450. The van der Waals surface area contributed by atoms with Crippen LogP contribution in [0.15, 0.2) is 0 Å². The van der Waals surface area contributed by atoms with Gasteiger partial charge in [0.05, 0.1) is 0 Å². The summed E-state index contributed by atoms with van der Waals surface area (Å²) >= 11 is 0. The van der Waals surface area contributed by atoms with E-state index >= 15 is 0 Å². The summed E-state index contributed by atoms with van der Waals surface area (Å²) < 4.78 is 33.1. The number of nitrogens with zero attached hydrogens (tertiary/aromatic N) is 3. The van der Waals surface area contributed by atoms with E-state index in [1.54, 1.807) is 9.21 Å². The average Bonchev–Trinajstić information content (AvgIpc) is 3.03. The minimum Gasteiger partial charge on any atom is -0.372 e. The molecule has 1 atom stereocenters. The van der Waals surface area contributed by atoms with Crippen LogP contribution < -0.4 is 0 Å². The van der Waals surface area contributed by atoms with E-state index in [4.69, 9.17) is 4.74 Å². The molecule has 0 radical (unpaired) electrons. The Labute approximate surface area is 127 Å². The molecular formula is C13H25N3O4S. The fourth-order valence-corrected chi connectivity index (χ4v) is 4.54. The smallest absolute Gasteiger partial charge is 0.282 e. The van der Waals surface area contributed by atoms with Crippen LogP contribution in [0.5, 0.6) is 0 Å². The van der Waals surface area contributed by atoms with Gasteiger partial charge in [-0.25, -0.2) is 0 Å². The van der Waals surface area contributed by atoms with E-state index in [1.807, 2.05) is 6.92 Å². The molecule has 0 aromatic heterocycles. The molecule has 2 rings (SSSR count). The van der Waals surface area contributed by atoms with Gasteiger partial charge in [-0.15, -0.1) is 0 Å². The van der Waals surface area contributed by atoms with Crippen LogP contribution in [-0.2, 0) is 19.7 Å². The fourth-order valence-electron chi connectivity index (χ4n) is 2.87. The predicted molar refractivity (Wildman–Crippen MR) is 79.0 cm³/mol. The summed E-state index contributed by atoms with van der Waals surface area (Å²) in [4.78, 5) is 13.9. The van der Waals surface area contributed by atoms with Gasteiger partial charge in [0, 0.05) is 46.4 Å². The van der Waals surface area contributed by atoms with Gasteiger partial charge in [0.1, 0.15) is 6.10 Å². The maximum absolute atomic E-state index is 12.4. The van der Waals surface area contributed by atoms with Gasteiger partial charge in [-0.05, 0) is 19.3 Å². The number of hydrogen-bond donors (Lipinski definition) is 0. The summed E-state index contributed by atoms with van der Waals surface area (Å²) in [7, 11) is -1.82. The Morgan fingerprint density at radius 1 is 1.05 bits per heavy atom. The Kier molecular flexibility index (Phi) is 5.59. The first-order valence-corrected chi connectivity index (χ1v) is 8.97. The van der Waals surface area contributed by atoms with Crippen molar-refractivity contribution in [3.8, 4) is 0 Å². The third kappa shape index (κ3) is 3.56. The molecule has 2 heterocycles. The molecule has 2 aliphatic heterocycles. The second-order valence-electron chi connectivity index (χ2n) is 5.47. The van der Waals surface area contributed by atoms with Crippen molar-refractivity contribution in [2.24, 2.45) is 0 Å². The molecule has 0 aromatic rings. The molecule has 2 aliphatic rings. The van der Waals surface area contributed by atoms with E-state index < -0.39 is 16.3 Å². The van der Waals surface area contributed by atoms with Gasteiger partial charge < -0.3 is 9.64 Å². The summed E-state index contributed by atoms with van der Waals surface area (Å²) in [6, 6.07) is 0. The van der Waals surface area contributed by atoms with Crippen LogP contribution in [0.4, 0.5) is 0 Å². The third-order valence-corrected chi connectivity index (χ3v) is 6.23. The van der Waals surface area contributed by atoms with Crippen molar-refractivity contribution in [2.75, 3.05) is 46.4 Å². The first-order chi connectivity index (χ1) is 10.0. The lowest BCUT2D eigenvalue weighted by molar-refractivity contribution is -0.143. The van der Waals surface area contributed by atoms with Gasteiger partial charge >= 0.3 is 0 Å². The number of piperazine rings is 1. The zero-order chi connectivity index (χ0) is 15.5. The summed E-state index contributed by atoms with van der Waals surface area (Å²) in [6.45, 7) is 4.74. The van der Waals surface area contributed by atoms with Crippen molar-refractivity contribution in [1.82, 2.24) is 13.5 Å². The van der Waals surface area contributed by atoms with E-state index in [1.165, 1.54) is 11.4 Å². The molecule has 122 valence electrons. The minimum absolute atomic E-state index is 0.0433. The van der Waals surface area contributed by atoms with Crippen LogP contribution in [0, 0.1) is 0 Å². The summed E-state index contributed by atoms with van der Waals surface area (Å²) in [5, 5.41) is 0. The molecular weight excluding hydrogens is 294 g/mol. The van der Waals surface area contributed by atoms with Gasteiger partial charge in [-0.3, -0.25) is 4.79 Å². The lowest BCUT2D eigenvalue weighted by Crippen LogP contribution is -2.55. The Morgan fingerprint density at radius 2 is 1.57 bits per heavy atom. The fraction of sp³-hybridized carbons (Fsp3) is 0.923. The highest BCUT2D eigenvalue weighted by Gasteiger charge is 2.35. The van der Waals surface area contributed by atoms with Crippen molar-refractivity contribution < 1.29 is 17.9 Å². The normalized spacial score (nSPS) is 23.4. The van der Waals surface area contributed by atoms with E-state index in [0.717, 1.165) is 12.8 Å². The van der Waals surface area contributed by atoms with E-state index in [9.17, 15) is 13.2 Å². The molecule has 0 bridgehead atoms. The number of methoxy groups -OCH3 is 1. The largest absolute Gasteiger partial charge is 0.372 e. The van der Waals surface area contributed by atoms with Crippen molar-refractivity contribution in [1.29, 1.82) is 0 Å². The number of amides is 1. The van der Waals surface area contributed by atoms with Crippen molar-refractivity contribution >= 4 is 16.1 Å². The summed E-state index contributed by atoms with van der Waals surface area (Å²) in [5.74, 6) is -0.0433. The van der Waals surface area contributed by atoms with Crippen molar-refractivity contribution in [2.45, 2.75) is 32.3 Å². The quantitative estimate of drug-likeness (QED) is 0.709. The molecule has 21 heavy (non-hydrogen) atoms. The zero-order valence-electron chi connectivity index (χ0n) is 12.8. The SMILES string of the molecule is CC[C@H](OC)C(=O)N1CCN(S(=O)(=O)N2CCCC2)CC1. The van der Waals surface area contributed by atoms with Gasteiger partial charge in [0.15, 0.2) is 0 Å². The predicted octanol–water partition coefficient (Wildman–Crippen LogP) is -0.104. The van der Waals surface area contributed by atoms with Gasteiger partial charge in [-0.1, -0.05) is 6.92 Å². The Balaban J connectivity index is 1.92. The maximum atomic E-state index is 12.4. The van der Waals surface area contributed by atoms with Crippen LogP contribution >= 0.6 is 0 Å². The monoisotopic (exact) mass is 319 g/mol. The van der Waals surface area contributed by atoms with Crippen molar-refractivity contribution in [3.05, 3.63) is 0 Å². The van der Waals surface area contributed by atoms with Crippen molar-refractivity contribution in [3.63, 3.8) is 0 Å². The first kappa shape index (κ1) is 16.7. The van der Waals surface area contributed by atoms with Crippen LogP contribution in [0.2, 0.25) is 0 Å². The van der Waals surface area contributed by atoms with Crippen LogP contribution in [0.25, 0.3) is 0 Å². The molecule has 0 aliphatic carbocycles. The molecule has 0 aromatic carbocycles. The number of rotatable bonds is 5. The van der Waals surface area contributed by atoms with E-state index in [0.29, 0.717) is 45.7 Å². The highest BCUT2D eigenvalue weighted by atomic mass is 32.2. The van der Waals surface area contributed by atoms with Gasteiger partial charge in [0.2, 0.25) is 0 Å². The Hall–Kier alpha value is -0.700. The topological polar surface area (TPSA) is 70.2 Å². The molecule has 1 amide bonds. The highest BCUT2D eigenvalue weighted by molar-refractivity contribution is 7.86. The third-order valence-electron chi connectivity index (χ3n) is 4.20. The molecule has 2 fully saturated rings. The summed E-state index contributed by atoms with van der Waals surface area (Å²) in [6.07, 6.45) is 2.07. The number of hydrogen-bond acceptors (Lipinski definition) is 4. The molecule has 8 heteroatoms. The minimum atomic E-state index is -3.34. The molecule has 0 N–H and O–H groups in total. The molecule has 0 saturated carbocycles. The maximum Gasteiger partial charge on any atom is 0.282 e. The second kappa shape index (κ2) is 7.04. The van der Waals surface area contributed by atoms with Crippen LogP contribution in [0.1, 0.15) is 26.2 Å². The lowest BCUT2D eigenvalue weighted by atomic mass is 10.2. The molecule has 0 unspecified atom stereocenters. The number of carbonyl (C=O) groups excluding carboxylic acids is 1. The number of ether oxygens (including phenoxy) is 1. The molecule has 2 saturated heterocycles. The van der Waals surface area contributed by atoms with E-state index in [2.05, 4.69) is 0 Å². The van der Waals surface area contributed by atoms with Crippen LogP contribution in [0.3, 0.4) is 0 Å². The second-order valence-corrected chi connectivity index (χ2v) is 7.40. The molecule has 7 nitrogen and oxygen atoms in total. The Morgan fingerprint density at radius 3 is 2.05 bits per heavy atom. The van der Waals surface area contributed by atoms with Gasteiger partial charge in [-0.2, -0.15) is 17.0 Å². The standard InChI is InChI=1S/C13H25N3O4S/c1-3-12(20-2)13(17)14-8-10-16(11-9-14)21(18,19)15-6-4-5-7-15/h12H,3-11H2,1-2H3/t12-/m0/s1. The average molecular weight is 319 g/mol. The zero-order valence-corrected chi connectivity index (χ0v) is 13.6.